The number of hydrogen-bond acceptors (Lipinski definition) is 4. The monoisotopic (exact) mass is 390 g/mol. The van der Waals surface area contributed by atoms with Gasteiger partial charge in [-0.05, 0) is 79.4 Å². The Morgan fingerprint density at radius 2 is 1.71 bits per heavy atom. The van der Waals surface area contributed by atoms with Crippen LogP contribution in [0.1, 0.15) is 91.9 Å². The largest absolute Gasteiger partial charge is 0.469 e. The number of fused-ring (bicyclic) bond motifs is 2. The van der Waals surface area contributed by atoms with Gasteiger partial charge in [-0.25, -0.2) is 0 Å². The highest BCUT2D eigenvalue weighted by atomic mass is 16.6. The average molecular weight is 391 g/mol. The number of carbonyl (C=O) groups is 2. The summed E-state index contributed by atoms with van der Waals surface area (Å²) in [6, 6.07) is 0. The molecule has 0 amide bonds. The molecule has 4 fully saturated rings. The van der Waals surface area contributed by atoms with E-state index in [-0.39, 0.29) is 17.9 Å². The van der Waals surface area contributed by atoms with Crippen LogP contribution in [0.3, 0.4) is 0 Å². The van der Waals surface area contributed by atoms with Gasteiger partial charge in [0.1, 0.15) is 12.5 Å². The number of rotatable bonds is 3. The van der Waals surface area contributed by atoms with Gasteiger partial charge in [-0.2, -0.15) is 0 Å². The van der Waals surface area contributed by atoms with Crippen LogP contribution in [0, 0.1) is 33.5 Å². The van der Waals surface area contributed by atoms with Gasteiger partial charge in [0.25, 0.3) is 0 Å². The van der Waals surface area contributed by atoms with Gasteiger partial charge in [-0.1, -0.05) is 34.1 Å². The van der Waals surface area contributed by atoms with Crippen molar-refractivity contribution in [2.75, 3.05) is 7.11 Å². The van der Waals surface area contributed by atoms with E-state index in [9.17, 15) is 9.59 Å². The lowest BCUT2D eigenvalue weighted by Gasteiger charge is -2.67. The molecule has 4 saturated carbocycles. The second-order valence-corrected chi connectivity index (χ2v) is 11.5. The van der Waals surface area contributed by atoms with Crippen molar-refractivity contribution in [3.8, 4) is 0 Å². The SMILES string of the molecule is COC(=O)CC(=O)OC1C[C@@H]2CCC3C(C)(C)CCC[C@]3(C)C23CC[C@@]1(C)C3. The van der Waals surface area contributed by atoms with Crippen molar-refractivity contribution in [3.63, 3.8) is 0 Å². The smallest absolute Gasteiger partial charge is 0.317 e. The van der Waals surface area contributed by atoms with E-state index in [0.717, 1.165) is 18.8 Å². The molecular weight excluding hydrogens is 352 g/mol. The summed E-state index contributed by atoms with van der Waals surface area (Å²) in [5, 5.41) is 0. The van der Waals surface area contributed by atoms with Crippen molar-refractivity contribution in [2.45, 2.75) is 98.0 Å². The second-order valence-electron chi connectivity index (χ2n) is 11.5. The fraction of sp³-hybridized carbons (Fsp3) is 0.917. The Labute approximate surface area is 170 Å². The summed E-state index contributed by atoms with van der Waals surface area (Å²) in [5.74, 6) is 0.528. The summed E-state index contributed by atoms with van der Waals surface area (Å²) in [4.78, 5) is 23.8. The Hall–Kier alpha value is -1.06. The highest BCUT2D eigenvalue weighted by Crippen LogP contribution is 2.76. The van der Waals surface area contributed by atoms with E-state index in [1.54, 1.807) is 0 Å². The molecule has 6 atom stereocenters. The van der Waals surface area contributed by atoms with Gasteiger partial charge in [-0.15, -0.1) is 0 Å². The molecule has 0 aromatic rings. The van der Waals surface area contributed by atoms with Crippen LogP contribution in [0.4, 0.5) is 0 Å². The molecule has 2 bridgehead atoms. The van der Waals surface area contributed by atoms with Crippen molar-refractivity contribution in [1.82, 2.24) is 0 Å². The van der Waals surface area contributed by atoms with Gasteiger partial charge in [0, 0.05) is 5.41 Å². The van der Waals surface area contributed by atoms with Crippen molar-refractivity contribution >= 4 is 11.9 Å². The van der Waals surface area contributed by atoms with Crippen LogP contribution < -0.4 is 0 Å². The normalized spacial score (nSPS) is 46.2. The molecule has 28 heavy (non-hydrogen) atoms. The van der Waals surface area contributed by atoms with E-state index in [1.807, 2.05) is 0 Å². The molecule has 0 saturated heterocycles. The average Bonchev–Trinajstić information content (AvgIpc) is 2.92. The van der Waals surface area contributed by atoms with Gasteiger partial charge < -0.3 is 9.47 Å². The minimum Gasteiger partial charge on any atom is -0.469 e. The maximum absolute atomic E-state index is 12.3. The lowest BCUT2D eigenvalue weighted by atomic mass is 9.38. The predicted octanol–water partition coefficient (Wildman–Crippen LogP) is 5.28. The van der Waals surface area contributed by atoms with E-state index in [1.165, 1.54) is 52.1 Å². The second kappa shape index (κ2) is 6.47. The molecule has 0 aliphatic heterocycles. The lowest BCUT2D eigenvalue weighted by molar-refractivity contribution is -0.199. The van der Waals surface area contributed by atoms with E-state index in [2.05, 4.69) is 32.4 Å². The molecule has 0 heterocycles. The van der Waals surface area contributed by atoms with Crippen molar-refractivity contribution in [3.05, 3.63) is 0 Å². The molecule has 4 aliphatic rings. The van der Waals surface area contributed by atoms with Gasteiger partial charge >= 0.3 is 11.9 Å². The number of ether oxygens (including phenoxy) is 2. The highest BCUT2D eigenvalue weighted by molar-refractivity contribution is 5.91. The molecule has 0 radical (unpaired) electrons. The number of carbonyl (C=O) groups excluding carboxylic acids is 2. The molecular formula is C24H38O4. The highest BCUT2D eigenvalue weighted by Gasteiger charge is 2.69. The third kappa shape index (κ3) is 2.76. The quantitative estimate of drug-likeness (QED) is 0.486. The van der Waals surface area contributed by atoms with Crippen LogP contribution >= 0.6 is 0 Å². The maximum atomic E-state index is 12.3. The summed E-state index contributed by atoms with van der Waals surface area (Å²) in [7, 11) is 1.31. The van der Waals surface area contributed by atoms with Gasteiger partial charge in [0.05, 0.1) is 7.11 Å². The Balaban J connectivity index is 1.59. The Bertz CT molecular complexity index is 670. The third-order valence-corrected chi connectivity index (χ3v) is 9.88. The van der Waals surface area contributed by atoms with Crippen molar-refractivity contribution < 1.29 is 19.1 Å². The zero-order chi connectivity index (χ0) is 20.4. The minimum atomic E-state index is -0.510. The number of methoxy groups -OCH3 is 1. The van der Waals surface area contributed by atoms with Crippen LogP contribution in [0.25, 0.3) is 0 Å². The molecule has 0 aromatic heterocycles. The molecule has 0 aromatic carbocycles. The topological polar surface area (TPSA) is 52.6 Å². The van der Waals surface area contributed by atoms with Crippen molar-refractivity contribution in [2.24, 2.45) is 33.5 Å². The summed E-state index contributed by atoms with van der Waals surface area (Å²) >= 11 is 0. The van der Waals surface area contributed by atoms with Crippen LogP contribution in [-0.4, -0.2) is 25.2 Å². The van der Waals surface area contributed by atoms with Gasteiger partial charge in [0.15, 0.2) is 0 Å². The first-order valence-electron chi connectivity index (χ1n) is 11.3. The molecule has 3 unspecified atom stereocenters. The molecule has 4 rings (SSSR count). The first-order valence-corrected chi connectivity index (χ1v) is 11.3. The van der Waals surface area contributed by atoms with Crippen molar-refractivity contribution in [1.29, 1.82) is 0 Å². The Kier molecular flexibility index (Phi) is 4.67. The van der Waals surface area contributed by atoms with Gasteiger partial charge in [-0.3, -0.25) is 9.59 Å². The van der Waals surface area contributed by atoms with Crippen LogP contribution in [0.5, 0.6) is 0 Å². The molecule has 4 heteroatoms. The summed E-state index contributed by atoms with van der Waals surface area (Å²) in [6.45, 7) is 9.94. The Morgan fingerprint density at radius 1 is 0.964 bits per heavy atom. The van der Waals surface area contributed by atoms with Crippen LogP contribution in [0.15, 0.2) is 0 Å². The molecule has 158 valence electrons. The fourth-order valence-corrected chi connectivity index (χ4v) is 8.52. The van der Waals surface area contributed by atoms with Crippen LogP contribution in [0.2, 0.25) is 0 Å². The summed E-state index contributed by atoms with van der Waals surface area (Å²) in [6.07, 6.45) is 10.9. The molecule has 4 nitrogen and oxygen atoms in total. The first-order chi connectivity index (χ1) is 13.1. The van der Waals surface area contributed by atoms with E-state index in [0.29, 0.717) is 22.2 Å². The van der Waals surface area contributed by atoms with E-state index >= 15 is 0 Å². The summed E-state index contributed by atoms with van der Waals surface area (Å²) in [5.41, 5.74) is 1.31. The first kappa shape index (κ1) is 20.2. The molecule has 0 N–H and O–H groups in total. The van der Waals surface area contributed by atoms with E-state index < -0.39 is 11.9 Å². The molecule has 4 aliphatic carbocycles. The zero-order valence-corrected chi connectivity index (χ0v) is 18.4. The third-order valence-electron chi connectivity index (χ3n) is 9.88. The Morgan fingerprint density at radius 3 is 2.43 bits per heavy atom. The lowest BCUT2D eigenvalue weighted by Crippen LogP contribution is -2.60. The van der Waals surface area contributed by atoms with Gasteiger partial charge in [0.2, 0.25) is 0 Å². The molecule has 1 spiro atoms. The standard InChI is InChI=1S/C24H38O4/c1-21(2)9-6-10-23(4)17(21)8-7-16-13-18(28-20(26)14-19(25)27-5)22(3)11-12-24(16,23)15-22/h16-18H,6-15H2,1-5H3/t16-,17?,18?,22-,23-,24?/m0/s1. The maximum Gasteiger partial charge on any atom is 0.317 e. The minimum absolute atomic E-state index is 0.0504. The summed E-state index contributed by atoms with van der Waals surface area (Å²) < 4.78 is 10.5. The fourth-order valence-electron chi connectivity index (χ4n) is 8.52. The zero-order valence-electron chi connectivity index (χ0n) is 18.4. The number of esters is 2. The number of hydrogen-bond donors (Lipinski definition) is 0. The van der Waals surface area contributed by atoms with E-state index in [4.69, 9.17) is 4.74 Å². The predicted molar refractivity (Wildman–Crippen MR) is 107 cm³/mol. The van der Waals surface area contributed by atoms with Crippen LogP contribution in [-0.2, 0) is 19.1 Å².